The smallest absolute Gasteiger partial charge is 0.246 e. The molecule has 8 heteroatoms. The molecule has 1 amide bonds. The zero-order chi connectivity index (χ0) is 15.5. The van der Waals surface area contributed by atoms with Crippen molar-refractivity contribution in [3.63, 3.8) is 0 Å². The van der Waals surface area contributed by atoms with Gasteiger partial charge in [0.05, 0.1) is 0 Å². The fourth-order valence-electron chi connectivity index (χ4n) is 1.51. The lowest BCUT2D eigenvalue weighted by Crippen LogP contribution is -2.34. The Hall–Kier alpha value is -1.42. The van der Waals surface area contributed by atoms with Crippen molar-refractivity contribution < 1.29 is 13.9 Å². The number of guanidine groups is 1. The lowest BCUT2D eigenvalue weighted by Gasteiger charge is -2.06. The van der Waals surface area contributed by atoms with E-state index >= 15 is 0 Å². The standard InChI is InChI=1S/C14H21FN4O2.HI/c1-2-21-8-4-7-17-14(16)18-10-13(20)19-12-6-3-5-11(15)9-12;/h3,5-6,9H,2,4,7-8,10H2,1H3,(H,19,20)(H3,16,17,18);1H. The van der Waals surface area contributed by atoms with Crippen LogP contribution >= 0.6 is 24.0 Å². The molecule has 0 radical (unpaired) electrons. The number of nitrogens with two attached hydrogens (primary N) is 1. The molecule has 0 saturated heterocycles. The average molecular weight is 424 g/mol. The maximum Gasteiger partial charge on any atom is 0.246 e. The number of hydrogen-bond acceptors (Lipinski definition) is 3. The maximum atomic E-state index is 12.9. The van der Waals surface area contributed by atoms with Crippen LogP contribution in [0.3, 0.4) is 0 Å². The number of nitrogens with one attached hydrogen (secondary N) is 2. The molecule has 124 valence electrons. The molecule has 4 N–H and O–H groups in total. The van der Waals surface area contributed by atoms with Gasteiger partial charge in [0, 0.05) is 25.4 Å². The minimum Gasteiger partial charge on any atom is -0.382 e. The largest absolute Gasteiger partial charge is 0.382 e. The van der Waals surface area contributed by atoms with Crippen molar-refractivity contribution in [2.45, 2.75) is 13.3 Å². The predicted molar refractivity (Wildman–Crippen MR) is 96.0 cm³/mol. The summed E-state index contributed by atoms with van der Waals surface area (Å²) < 4.78 is 18.1. The Bertz CT molecular complexity index is 486. The molecule has 0 fully saturated rings. The minimum absolute atomic E-state index is 0. The summed E-state index contributed by atoms with van der Waals surface area (Å²) in [5.74, 6) is -0.577. The summed E-state index contributed by atoms with van der Waals surface area (Å²) in [6.07, 6.45) is 0.805. The molecule has 0 aliphatic carbocycles. The molecule has 0 heterocycles. The monoisotopic (exact) mass is 424 g/mol. The molecule has 22 heavy (non-hydrogen) atoms. The van der Waals surface area contributed by atoms with Crippen LogP contribution in [-0.4, -0.2) is 38.2 Å². The van der Waals surface area contributed by atoms with Crippen molar-refractivity contribution >= 4 is 41.5 Å². The van der Waals surface area contributed by atoms with Gasteiger partial charge in [-0.05, 0) is 31.5 Å². The van der Waals surface area contributed by atoms with E-state index in [1.54, 1.807) is 6.07 Å². The molecule has 0 unspecified atom stereocenters. The summed E-state index contributed by atoms with van der Waals surface area (Å²) in [5, 5.41) is 5.41. The van der Waals surface area contributed by atoms with Gasteiger partial charge in [0.15, 0.2) is 5.96 Å². The molecule has 0 aliphatic heterocycles. The van der Waals surface area contributed by atoms with Gasteiger partial charge >= 0.3 is 0 Å². The summed E-state index contributed by atoms with van der Waals surface area (Å²) in [6, 6.07) is 5.65. The molecular formula is C14H22FIN4O2. The van der Waals surface area contributed by atoms with Gasteiger partial charge in [-0.3, -0.25) is 4.79 Å². The normalized spacial score (nSPS) is 10.7. The third-order valence-electron chi connectivity index (χ3n) is 2.48. The van der Waals surface area contributed by atoms with Crippen LogP contribution in [0.15, 0.2) is 29.3 Å². The van der Waals surface area contributed by atoms with Crippen molar-refractivity contribution in [3.8, 4) is 0 Å². The lowest BCUT2D eigenvalue weighted by molar-refractivity contribution is -0.114. The van der Waals surface area contributed by atoms with Crippen LogP contribution in [0.4, 0.5) is 10.1 Å². The quantitative estimate of drug-likeness (QED) is 0.257. The van der Waals surface area contributed by atoms with Gasteiger partial charge < -0.3 is 21.1 Å². The second kappa shape index (κ2) is 12.2. The zero-order valence-electron chi connectivity index (χ0n) is 12.5. The first-order valence-corrected chi connectivity index (χ1v) is 6.78. The summed E-state index contributed by atoms with van der Waals surface area (Å²) in [7, 11) is 0. The van der Waals surface area contributed by atoms with E-state index in [0.717, 1.165) is 6.42 Å². The second-order valence-corrected chi connectivity index (χ2v) is 4.24. The number of carbonyl (C=O) groups is 1. The van der Waals surface area contributed by atoms with Gasteiger partial charge in [0.25, 0.3) is 0 Å². The van der Waals surface area contributed by atoms with Crippen molar-refractivity contribution in [1.29, 1.82) is 0 Å². The molecule has 1 aromatic rings. The molecular weight excluding hydrogens is 402 g/mol. The Balaban J connectivity index is 0.00000441. The summed E-state index contributed by atoms with van der Waals surface area (Å²) >= 11 is 0. The van der Waals surface area contributed by atoms with Crippen molar-refractivity contribution in [3.05, 3.63) is 30.1 Å². The zero-order valence-corrected chi connectivity index (χ0v) is 14.8. The lowest BCUT2D eigenvalue weighted by atomic mass is 10.3. The van der Waals surface area contributed by atoms with Crippen LogP contribution in [0.1, 0.15) is 13.3 Å². The molecule has 0 saturated carbocycles. The van der Waals surface area contributed by atoms with E-state index in [2.05, 4.69) is 15.6 Å². The molecule has 0 spiro atoms. The summed E-state index contributed by atoms with van der Waals surface area (Å²) in [4.78, 5) is 15.5. The van der Waals surface area contributed by atoms with E-state index in [9.17, 15) is 9.18 Å². The highest BCUT2D eigenvalue weighted by Crippen LogP contribution is 2.08. The molecule has 0 aliphatic rings. The number of nitrogens with zero attached hydrogens (tertiary/aromatic N) is 1. The fourth-order valence-corrected chi connectivity index (χ4v) is 1.51. The summed E-state index contributed by atoms with van der Waals surface area (Å²) in [5.41, 5.74) is 6.00. The number of ether oxygens (including phenoxy) is 1. The molecule has 6 nitrogen and oxygen atoms in total. The molecule has 0 atom stereocenters. The van der Waals surface area contributed by atoms with E-state index in [4.69, 9.17) is 10.5 Å². The van der Waals surface area contributed by atoms with Crippen LogP contribution in [0.25, 0.3) is 0 Å². The number of benzene rings is 1. The third kappa shape index (κ3) is 9.50. The number of carbonyl (C=O) groups excluding carboxylic acids is 1. The highest BCUT2D eigenvalue weighted by molar-refractivity contribution is 14.0. The van der Waals surface area contributed by atoms with Crippen LogP contribution in [0.2, 0.25) is 0 Å². The van der Waals surface area contributed by atoms with Crippen LogP contribution in [-0.2, 0) is 9.53 Å². The van der Waals surface area contributed by atoms with Gasteiger partial charge in [-0.1, -0.05) is 6.07 Å². The topological polar surface area (TPSA) is 88.7 Å². The SMILES string of the molecule is CCOCCCNC(N)=NCC(=O)Nc1cccc(F)c1.I. The number of amides is 1. The van der Waals surface area contributed by atoms with Crippen molar-refractivity contribution in [2.75, 3.05) is 31.6 Å². The Morgan fingerprint density at radius 3 is 2.91 bits per heavy atom. The number of hydrogen-bond donors (Lipinski definition) is 3. The fraction of sp³-hybridized carbons (Fsp3) is 0.429. The van der Waals surface area contributed by atoms with Crippen LogP contribution in [0, 0.1) is 5.82 Å². The molecule has 1 rings (SSSR count). The molecule has 1 aromatic carbocycles. The van der Waals surface area contributed by atoms with Crippen LogP contribution < -0.4 is 16.4 Å². The van der Waals surface area contributed by atoms with Gasteiger partial charge in [-0.15, -0.1) is 24.0 Å². The van der Waals surface area contributed by atoms with Gasteiger partial charge in [0.1, 0.15) is 12.4 Å². The Kier molecular flexibility index (Phi) is 11.4. The number of anilines is 1. The second-order valence-electron chi connectivity index (χ2n) is 4.24. The number of halogens is 2. The summed E-state index contributed by atoms with van der Waals surface area (Å²) in [6.45, 7) is 3.77. The Morgan fingerprint density at radius 1 is 1.45 bits per heavy atom. The van der Waals surface area contributed by atoms with Gasteiger partial charge in [-0.2, -0.15) is 0 Å². The first kappa shape index (κ1) is 20.6. The van der Waals surface area contributed by atoms with E-state index in [-0.39, 0.29) is 42.4 Å². The van der Waals surface area contributed by atoms with Crippen LogP contribution in [0.5, 0.6) is 0 Å². The number of rotatable bonds is 8. The third-order valence-corrected chi connectivity index (χ3v) is 2.48. The highest BCUT2D eigenvalue weighted by Gasteiger charge is 2.02. The minimum atomic E-state index is -0.410. The predicted octanol–water partition coefficient (Wildman–Crippen LogP) is 1.71. The number of aliphatic imine (C=N–C) groups is 1. The first-order chi connectivity index (χ1) is 10.1. The average Bonchev–Trinajstić information content (AvgIpc) is 2.45. The van der Waals surface area contributed by atoms with Crippen molar-refractivity contribution in [2.24, 2.45) is 10.7 Å². The first-order valence-electron chi connectivity index (χ1n) is 6.78. The molecule has 0 aromatic heterocycles. The molecule has 0 bridgehead atoms. The van der Waals surface area contributed by atoms with E-state index in [0.29, 0.717) is 25.4 Å². The van der Waals surface area contributed by atoms with E-state index in [1.807, 2.05) is 6.92 Å². The van der Waals surface area contributed by atoms with Gasteiger partial charge in [-0.25, -0.2) is 9.38 Å². The highest BCUT2D eigenvalue weighted by atomic mass is 127. The van der Waals surface area contributed by atoms with E-state index in [1.165, 1.54) is 18.2 Å². The maximum absolute atomic E-state index is 12.9. The van der Waals surface area contributed by atoms with Gasteiger partial charge in [0.2, 0.25) is 5.91 Å². The Labute approximate surface area is 146 Å². The van der Waals surface area contributed by atoms with Crippen molar-refractivity contribution in [1.82, 2.24) is 5.32 Å². The Morgan fingerprint density at radius 2 is 2.23 bits per heavy atom. The van der Waals surface area contributed by atoms with E-state index < -0.39 is 5.82 Å².